The lowest BCUT2D eigenvalue weighted by Crippen LogP contribution is -2.26. The first-order valence-corrected chi connectivity index (χ1v) is 7.93. The lowest BCUT2D eigenvalue weighted by molar-refractivity contribution is 0.0994. The van der Waals surface area contributed by atoms with E-state index in [0.717, 1.165) is 41.9 Å². The molecule has 0 bridgehead atoms. The van der Waals surface area contributed by atoms with Crippen molar-refractivity contribution in [2.24, 2.45) is 10.8 Å². The summed E-state index contributed by atoms with van der Waals surface area (Å²) in [6, 6.07) is 3.43. The average molecular weight is 343 g/mol. The highest BCUT2D eigenvalue weighted by Crippen LogP contribution is 2.30. The number of aryl methyl sites for hydroxylation is 1. The predicted octanol–water partition coefficient (Wildman–Crippen LogP) is 2.11. The number of hydrogen-bond donors (Lipinski definition) is 3. The van der Waals surface area contributed by atoms with Crippen molar-refractivity contribution in [2.45, 2.75) is 26.2 Å². The molecule has 1 aliphatic carbocycles. The molecule has 0 radical (unpaired) electrons. The molecule has 0 unspecified atom stereocenters. The van der Waals surface area contributed by atoms with Gasteiger partial charge in [0.05, 0.1) is 5.71 Å². The zero-order valence-corrected chi connectivity index (χ0v) is 13.9. The minimum atomic E-state index is -0.297. The smallest absolute Gasteiger partial charge is 0.291 e. The second-order valence-electron chi connectivity index (χ2n) is 5.43. The van der Waals surface area contributed by atoms with Gasteiger partial charge in [-0.1, -0.05) is 0 Å². The maximum absolute atomic E-state index is 12.5. The van der Waals surface area contributed by atoms with Gasteiger partial charge >= 0.3 is 0 Å². The number of amides is 1. The SMILES string of the molecule is Cc1c(C(=O)Nc2ccncc2)oc2c1/C(=N/NC(N)=S)CCC2. The predicted molar refractivity (Wildman–Crippen MR) is 95.0 cm³/mol. The molecule has 0 saturated carbocycles. The number of carbonyl (C=O) groups is 1. The molecule has 0 spiro atoms. The van der Waals surface area contributed by atoms with E-state index in [1.165, 1.54) is 0 Å². The minimum absolute atomic E-state index is 0.103. The first kappa shape index (κ1) is 16.1. The maximum Gasteiger partial charge on any atom is 0.291 e. The molecule has 2 aromatic rings. The van der Waals surface area contributed by atoms with E-state index >= 15 is 0 Å². The van der Waals surface area contributed by atoms with Gasteiger partial charge in [-0.15, -0.1) is 0 Å². The number of nitrogens with two attached hydrogens (primary N) is 1. The molecule has 0 aliphatic heterocycles. The molecule has 0 atom stereocenters. The van der Waals surface area contributed by atoms with E-state index in [2.05, 4.69) is 20.8 Å². The van der Waals surface area contributed by atoms with Crippen LogP contribution in [0.1, 0.15) is 40.3 Å². The normalized spacial score (nSPS) is 15.0. The summed E-state index contributed by atoms with van der Waals surface area (Å²) in [5.41, 5.74) is 11.1. The van der Waals surface area contributed by atoms with Crippen LogP contribution in [0.5, 0.6) is 0 Å². The summed E-state index contributed by atoms with van der Waals surface area (Å²) in [5.74, 6) is 0.763. The van der Waals surface area contributed by atoms with Gasteiger partial charge < -0.3 is 15.5 Å². The molecule has 8 heteroatoms. The first-order valence-electron chi connectivity index (χ1n) is 7.52. The van der Waals surface area contributed by atoms with Crippen LogP contribution in [0.25, 0.3) is 0 Å². The van der Waals surface area contributed by atoms with Crippen LogP contribution >= 0.6 is 12.2 Å². The van der Waals surface area contributed by atoms with Gasteiger partial charge in [-0.3, -0.25) is 15.2 Å². The number of fused-ring (bicyclic) bond motifs is 1. The highest BCUT2D eigenvalue weighted by molar-refractivity contribution is 7.80. The van der Waals surface area contributed by atoms with Gasteiger partial charge in [0.1, 0.15) is 5.76 Å². The van der Waals surface area contributed by atoms with Gasteiger partial charge in [0, 0.05) is 35.6 Å². The Morgan fingerprint density at radius 2 is 2.12 bits per heavy atom. The minimum Gasteiger partial charge on any atom is -0.455 e. The molecule has 2 aromatic heterocycles. The van der Waals surface area contributed by atoms with Crippen molar-refractivity contribution in [3.63, 3.8) is 0 Å². The van der Waals surface area contributed by atoms with E-state index in [4.69, 9.17) is 22.4 Å². The number of hydrogen-bond acceptors (Lipinski definition) is 5. The molecule has 24 heavy (non-hydrogen) atoms. The van der Waals surface area contributed by atoms with Crippen LogP contribution in [0, 0.1) is 6.92 Å². The molecule has 4 N–H and O–H groups in total. The molecule has 124 valence electrons. The molecule has 2 heterocycles. The summed E-state index contributed by atoms with van der Waals surface area (Å²) < 4.78 is 5.81. The fraction of sp³-hybridized carbons (Fsp3) is 0.250. The number of rotatable bonds is 3. The van der Waals surface area contributed by atoms with Crippen molar-refractivity contribution in [3.8, 4) is 0 Å². The zero-order chi connectivity index (χ0) is 17.1. The number of pyridine rings is 1. The van der Waals surface area contributed by atoms with Crippen LogP contribution in [-0.2, 0) is 6.42 Å². The van der Waals surface area contributed by atoms with Crippen LogP contribution in [0.2, 0.25) is 0 Å². The molecular weight excluding hydrogens is 326 g/mol. The van der Waals surface area contributed by atoms with Gasteiger partial charge in [-0.05, 0) is 44.1 Å². The largest absolute Gasteiger partial charge is 0.455 e. The molecule has 7 nitrogen and oxygen atoms in total. The molecule has 1 aliphatic rings. The topological polar surface area (TPSA) is 106 Å². The summed E-state index contributed by atoms with van der Waals surface area (Å²) in [4.78, 5) is 16.4. The van der Waals surface area contributed by atoms with Crippen LogP contribution < -0.4 is 16.5 Å². The van der Waals surface area contributed by atoms with Gasteiger partial charge in [0.25, 0.3) is 5.91 Å². The van der Waals surface area contributed by atoms with Crippen molar-refractivity contribution in [1.29, 1.82) is 0 Å². The summed E-state index contributed by atoms with van der Waals surface area (Å²) in [5, 5.41) is 7.15. The summed E-state index contributed by atoms with van der Waals surface area (Å²) in [7, 11) is 0. The number of nitrogens with zero attached hydrogens (tertiary/aromatic N) is 2. The number of aromatic nitrogens is 1. The van der Waals surface area contributed by atoms with E-state index in [1.807, 2.05) is 6.92 Å². The number of nitrogens with one attached hydrogen (secondary N) is 2. The summed E-state index contributed by atoms with van der Waals surface area (Å²) >= 11 is 4.78. The third-order valence-electron chi connectivity index (χ3n) is 3.77. The van der Waals surface area contributed by atoms with Crippen molar-refractivity contribution >= 4 is 34.6 Å². The van der Waals surface area contributed by atoms with Crippen LogP contribution in [0.3, 0.4) is 0 Å². The second kappa shape index (κ2) is 6.79. The van der Waals surface area contributed by atoms with Crippen molar-refractivity contribution in [1.82, 2.24) is 10.4 Å². The number of furan rings is 1. The average Bonchev–Trinajstić information content (AvgIpc) is 2.91. The Hall–Kier alpha value is -2.74. The Bertz CT molecular complexity index is 813. The van der Waals surface area contributed by atoms with E-state index < -0.39 is 0 Å². The zero-order valence-electron chi connectivity index (χ0n) is 13.1. The Balaban J connectivity index is 1.90. The lowest BCUT2D eigenvalue weighted by Gasteiger charge is -2.13. The standard InChI is InChI=1S/C16H17N5O2S/c1-9-13-11(20-21-16(17)24)3-2-4-12(13)23-14(9)15(22)19-10-5-7-18-8-6-10/h5-8H,2-4H2,1H3,(H3,17,21,24)(H,18,19,22)/b20-11+. The molecule has 0 fully saturated rings. The Morgan fingerprint density at radius 3 is 2.83 bits per heavy atom. The summed E-state index contributed by atoms with van der Waals surface area (Å²) in [6.07, 6.45) is 5.66. The van der Waals surface area contributed by atoms with E-state index in [9.17, 15) is 4.79 Å². The van der Waals surface area contributed by atoms with Crippen LogP contribution in [0.15, 0.2) is 34.0 Å². The molecule has 1 amide bonds. The monoisotopic (exact) mass is 343 g/mol. The van der Waals surface area contributed by atoms with Crippen molar-refractivity contribution in [2.75, 3.05) is 5.32 Å². The molecule has 0 aromatic carbocycles. The number of hydrazone groups is 1. The molecular formula is C16H17N5O2S. The Morgan fingerprint density at radius 1 is 1.38 bits per heavy atom. The first-order chi connectivity index (χ1) is 11.6. The molecule has 3 rings (SSSR count). The number of anilines is 1. The Labute approximate surface area is 144 Å². The van der Waals surface area contributed by atoms with Crippen LogP contribution in [0.4, 0.5) is 5.69 Å². The number of carbonyl (C=O) groups excluding carboxylic acids is 1. The molecule has 0 saturated heterocycles. The third kappa shape index (κ3) is 3.28. The number of thiocarbonyl (C=S) groups is 1. The second-order valence-corrected chi connectivity index (χ2v) is 5.87. The maximum atomic E-state index is 12.5. The van der Waals surface area contributed by atoms with E-state index in [-0.39, 0.29) is 11.0 Å². The van der Waals surface area contributed by atoms with Gasteiger partial charge in [0.2, 0.25) is 0 Å². The Kier molecular flexibility index (Phi) is 4.57. The summed E-state index contributed by atoms with van der Waals surface area (Å²) in [6.45, 7) is 1.85. The lowest BCUT2D eigenvalue weighted by atomic mass is 9.93. The van der Waals surface area contributed by atoms with Crippen molar-refractivity contribution in [3.05, 3.63) is 47.2 Å². The van der Waals surface area contributed by atoms with Crippen molar-refractivity contribution < 1.29 is 9.21 Å². The van der Waals surface area contributed by atoms with Gasteiger partial charge in [0.15, 0.2) is 10.9 Å². The van der Waals surface area contributed by atoms with E-state index in [1.54, 1.807) is 24.5 Å². The van der Waals surface area contributed by atoms with Gasteiger partial charge in [-0.25, -0.2) is 0 Å². The highest BCUT2D eigenvalue weighted by atomic mass is 32.1. The fourth-order valence-corrected chi connectivity index (χ4v) is 2.79. The quantitative estimate of drug-likeness (QED) is 0.582. The highest BCUT2D eigenvalue weighted by Gasteiger charge is 2.28. The van der Waals surface area contributed by atoms with Crippen LogP contribution in [-0.4, -0.2) is 21.7 Å². The van der Waals surface area contributed by atoms with Gasteiger partial charge in [-0.2, -0.15) is 5.10 Å². The van der Waals surface area contributed by atoms with E-state index in [0.29, 0.717) is 11.4 Å². The fourth-order valence-electron chi connectivity index (χ4n) is 2.74. The third-order valence-corrected chi connectivity index (χ3v) is 3.86.